The molecule has 1 fully saturated rings. The third-order valence-electron chi connectivity index (χ3n) is 5.89. The number of hydrogen-bond donors (Lipinski definition) is 3. The van der Waals surface area contributed by atoms with Crippen molar-refractivity contribution in [3.63, 3.8) is 0 Å². The first kappa shape index (κ1) is 23.2. The van der Waals surface area contributed by atoms with Gasteiger partial charge in [0.1, 0.15) is 0 Å². The highest BCUT2D eigenvalue weighted by atomic mass is 19.2. The molecule has 0 bridgehead atoms. The molecule has 3 rings (SSSR count). The molecule has 0 aliphatic carbocycles. The van der Waals surface area contributed by atoms with Crippen LogP contribution in [0.25, 0.3) is 0 Å². The topological polar surface area (TPSA) is 57.7 Å². The van der Waals surface area contributed by atoms with Crippen LogP contribution in [-0.2, 0) is 4.74 Å². The number of nitrogens with one attached hydrogen (secondary N) is 3. The molecule has 2 aromatic rings. The van der Waals surface area contributed by atoms with Crippen molar-refractivity contribution in [2.45, 2.75) is 44.3 Å². The lowest BCUT2D eigenvalue weighted by Gasteiger charge is -2.41. The van der Waals surface area contributed by atoms with Crippen LogP contribution in [0, 0.1) is 11.6 Å². The van der Waals surface area contributed by atoms with Crippen molar-refractivity contribution < 1.29 is 13.5 Å². The molecule has 0 aromatic heterocycles. The fourth-order valence-electron chi connectivity index (χ4n) is 3.94. The second-order valence-electron chi connectivity index (χ2n) is 8.13. The van der Waals surface area contributed by atoms with E-state index in [4.69, 9.17) is 4.74 Å². The molecule has 0 saturated carbocycles. The Morgan fingerprint density at radius 2 is 1.71 bits per heavy atom. The Morgan fingerprint density at radius 1 is 1.00 bits per heavy atom. The molecule has 31 heavy (non-hydrogen) atoms. The number of hydrogen-bond acceptors (Lipinski definition) is 3. The van der Waals surface area contributed by atoms with Crippen LogP contribution in [0.15, 0.2) is 53.5 Å². The highest BCUT2D eigenvalue weighted by Gasteiger charge is 2.34. The fourth-order valence-corrected chi connectivity index (χ4v) is 3.94. The van der Waals surface area contributed by atoms with Gasteiger partial charge in [-0.25, -0.2) is 8.78 Å². The van der Waals surface area contributed by atoms with Crippen LogP contribution in [-0.4, -0.2) is 38.3 Å². The van der Waals surface area contributed by atoms with Gasteiger partial charge in [0, 0.05) is 38.4 Å². The summed E-state index contributed by atoms with van der Waals surface area (Å²) in [5.74, 6) is -1.09. The van der Waals surface area contributed by atoms with E-state index in [0.29, 0.717) is 31.3 Å². The summed E-state index contributed by atoms with van der Waals surface area (Å²) in [7, 11) is 1.70. The maximum atomic E-state index is 13.6. The molecule has 3 N–H and O–H groups in total. The molecule has 168 valence electrons. The van der Waals surface area contributed by atoms with Gasteiger partial charge in [0.25, 0.3) is 0 Å². The maximum absolute atomic E-state index is 13.6. The molecule has 7 heteroatoms. The van der Waals surface area contributed by atoms with Gasteiger partial charge in [0.2, 0.25) is 0 Å². The Kier molecular flexibility index (Phi) is 7.98. The van der Waals surface area contributed by atoms with Crippen molar-refractivity contribution in [3.8, 4) is 0 Å². The highest BCUT2D eigenvalue weighted by Crippen LogP contribution is 2.25. The third kappa shape index (κ3) is 6.24. The van der Waals surface area contributed by atoms with Crippen LogP contribution in [0.5, 0.6) is 0 Å². The van der Waals surface area contributed by atoms with Crippen molar-refractivity contribution in [1.82, 2.24) is 16.0 Å². The molecular weight excluding hydrogens is 398 g/mol. The van der Waals surface area contributed by atoms with E-state index in [1.165, 1.54) is 11.6 Å². The molecule has 0 radical (unpaired) electrons. The smallest absolute Gasteiger partial charge is 0.191 e. The molecular formula is C24H32F2N4O. The van der Waals surface area contributed by atoms with Crippen LogP contribution < -0.4 is 16.0 Å². The first-order valence-corrected chi connectivity index (χ1v) is 10.7. The van der Waals surface area contributed by atoms with Gasteiger partial charge in [-0.2, -0.15) is 0 Å². The van der Waals surface area contributed by atoms with E-state index in [1.54, 1.807) is 13.1 Å². The molecule has 2 atom stereocenters. The first-order valence-electron chi connectivity index (χ1n) is 10.7. The zero-order valence-electron chi connectivity index (χ0n) is 18.4. The zero-order chi connectivity index (χ0) is 22.3. The minimum atomic E-state index is -0.852. The number of benzene rings is 2. The summed E-state index contributed by atoms with van der Waals surface area (Å²) in [5, 5.41) is 10.5. The van der Waals surface area contributed by atoms with E-state index in [-0.39, 0.29) is 17.6 Å². The van der Waals surface area contributed by atoms with Gasteiger partial charge in [-0.1, -0.05) is 36.4 Å². The van der Waals surface area contributed by atoms with E-state index in [1.807, 2.05) is 25.1 Å². The lowest BCUT2D eigenvalue weighted by molar-refractivity contribution is 0.0354. The lowest BCUT2D eigenvalue weighted by Crippen LogP contribution is -2.58. The molecule has 1 aliphatic heterocycles. The average molecular weight is 431 g/mol. The largest absolute Gasteiger partial charge is 0.381 e. The Hall–Kier alpha value is -2.51. The predicted octanol–water partition coefficient (Wildman–Crippen LogP) is 4.09. The summed E-state index contributed by atoms with van der Waals surface area (Å²) >= 11 is 0. The predicted molar refractivity (Wildman–Crippen MR) is 120 cm³/mol. The normalized spacial score (nSPS) is 18.3. The summed E-state index contributed by atoms with van der Waals surface area (Å²) in [6.07, 6.45) is 1.76. The molecule has 5 nitrogen and oxygen atoms in total. The van der Waals surface area contributed by atoms with Crippen molar-refractivity contribution >= 4 is 5.96 Å². The van der Waals surface area contributed by atoms with E-state index >= 15 is 0 Å². The summed E-state index contributed by atoms with van der Waals surface area (Å²) in [6, 6.07) is 14.3. The second kappa shape index (κ2) is 10.7. The standard InChI is InChI=1S/C24H32F2N4O/c1-17(20-9-10-21(25)22(26)15-20)29-23(27-3)28-16-24(11-13-31-14-12-24)30-18(2)19-7-5-4-6-8-19/h4-10,15,17-18,30H,11-14,16H2,1-3H3,(H2,27,28,29). The minimum Gasteiger partial charge on any atom is -0.381 e. The van der Waals surface area contributed by atoms with Gasteiger partial charge < -0.3 is 20.7 Å². The van der Waals surface area contributed by atoms with E-state index < -0.39 is 11.6 Å². The molecule has 0 spiro atoms. The van der Waals surface area contributed by atoms with E-state index in [2.05, 4.69) is 40.0 Å². The maximum Gasteiger partial charge on any atom is 0.191 e. The summed E-state index contributed by atoms with van der Waals surface area (Å²) in [6.45, 7) is 6.13. The Bertz CT molecular complexity index is 869. The number of ether oxygens (including phenoxy) is 1. The average Bonchev–Trinajstić information content (AvgIpc) is 2.79. The summed E-state index contributed by atoms with van der Waals surface area (Å²) in [5.41, 5.74) is 1.75. The van der Waals surface area contributed by atoms with Crippen LogP contribution in [0.3, 0.4) is 0 Å². The van der Waals surface area contributed by atoms with Gasteiger partial charge >= 0.3 is 0 Å². The fraction of sp³-hybridized carbons (Fsp3) is 0.458. The second-order valence-corrected chi connectivity index (χ2v) is 8.13. The monoisotopic (exact) mass is 430 g/mol. The van der Waals surface area contributed by atoms with E-state index in [0.717, 1.165) is 18.9 Å². The van der Waals surface area contributed by atoms with Crippen LogP contribution in [0.2, 0.25) is 0 Å². The molecule has 0 amide bonds. The number of guanidine groups is 1. The molecule has 1 heterocycles. The van der Waals surface area contributed by atoms with Crippen molar-refractivity contribution in [1.29, 1.82) is 0 Å². The SMILES string of the molecule is CN=C(NCC1(NC(C)c2ccccc2)CCOCC1)NC(C)c1ccc(F)c(F)c1. The Balaban J connectivity index is 1.64. The molecule has 1 saturated heterocycles. The van der Waals surface area contributed by atoms with E-state index in [9.17, 15) is 8.78 Å². The van der Waals surface area contributed by atoms with Gasteiger partial charge in [0.15, 0.2) is 17.6 Å². The molecule has 2 aromatic carbocycles. The Labute approximate surface area is 183 Å². The quantitative estimate of drug-likeness (QED) is 0.458. The zero-order valence-corrected chi connectivity index (χ0v) is 18.4. The summed E-state index contributed by atoms with van der Waals surface area (Å²) < 4.78 is 32.4. The van der Waals surface area contributed by atoms with Crippen molar-refractivity contribution in [2.24, 2.45) is 4.99 Å². The van der Waals surface area contributed by atoms with Gasteiger partial charge in [-0.3, -0.25) is 4.99 Å². The molecule has 1 aliphatic rings. The summed E-state index contributed by atoms with van der Waals surface area (Å²) in [4.78, 5) is 4.31. The lowest BCUT2D eigenvalue weighted by atomic mass is 9.88. The van der Waals surface area contributed by atoms with Crippen molar-refractivity contribution in [2.75, 3.05) is 26.8 Å². The molecule has 2 unspecified atom stereocenters. The van der Waals surface area contributed by atoms with Crippen LogP contribution in [0.1, 0.15) is 49.9 Å². The first-order chi connectivity index (χ1) is 14.9. The number of nitrogens with zero attached hydrogens (tertiary/aromatic N) is 1. The van der Waals surface area contributed by atoms with Gasteiger partial charge in [-0.15, -0.1) is 0 Å². The minimum absolute atomic E-state index is 0.143. The van der Waals surface area contributed by atoms with Gasteiger partial charge in [-0.05, 0) is 49.9 Å². The van der Waals surface area contributed by atoms with Gasteiger partial charge in [0.05, 0.1) is 6.04 Å². The Morgan fingerprint density at radius 3 is 2.35 bits per heavy atom. The number of aliphatic imine (C=N–C) groups is 1. The number of rotatable bonds is 7. The number of halogens is 2. The van der Waals surface area contributed by atoms with Crippen LogP contribution >= 0.6 is 0 Å². The van der Waals surface area contributed by atoms with Crippen LogP contribution in [0.4, 0.5) is 8.78 Å². The van der Waals surface area contributed by atoms with Crippen molar-refractivity contribution in [3.05, 3.63) is 71.3 Å². The third-order valence-corrected chi connectivity index (χ3v) is 5.89. The highest BCUT2D eigenvalue weighted by molar-refractivity contribution is 5.80.